The zero-order chi connectivity index (χ0) is 23.4. The number of rotatable bonds is 6. The predicted octanol–water partition coefficient (Wildman–Crippen LogP) is 4.06. The van der Waals surface area contributed by atoms with Crippen LogP contribution in [-0.2, 0) is 7.05 Å². The third kappa shape index (κ3) is 5.35. The van der Waals surface area contributed by atoms with Crippen molar-refractivity contribution < 1.29 is 4.79 Å². The SMILES string of the molecule is CC(C)c1ncc(-c2ccccn2)c(C2CCC(CNC(=O)c3ccn(C)c(=O)c3)CC2)n1. The van der Waals surface area contributed by atoms with E-state index in [2.05, 4.69) is 29.1 Å². The van der Waals surface area contributed by atoms with Crippen LogP contribution in [0.5, 0.6) is 0 Å². The highest BCUT2D eigenvalue weighted by atomic mass is 16.2. The van der Waals surface area contributed by atoms with E-state index in [0.717, 1.165) is 48.5 Å². The van der Waals surface area contributed by atoms with Gasteiger partial charge >= 0.3 is 0 Å². The van der Waals surface area contributed by atoms with Crippen LogP contribution in [0, 0.1) is 5.92 Å². The summed E-state index contributed by atoms with van der Waals surface area (Å²) in [6.45, 7) is 4.85. The highest BCUT2D eigenvalue weighted by Gasteiger charge is 2.27. The summed E-state index contributed by atoms with van der Waals surface area (Å²) in [6, 6.07) is 8.97. The Bertz CT molecular complexity index is 1160. The molecule has 1 saturated carbocycles. The quantitative estimate of drug-likeness (QED) is 0.618. The van der Waals surface area contributed by atoms with Gasteiger partial charge in [-0.05, 0) is 49.8 Å². The highest BCUT2D eigenvalue weighted by Crippen LogP contribution is 2.38. The van der Waals surface area contributed by atoms with Crippen molar-refractivity contribution in [3.05, 3.63) is 76.4 Å². The number of aromatic nitrogens is 4. The molecule has 0 bridgehead atoms. The van der Waals surface area contributed by atoms with E-state index in [1.54, 1.807) is 25.5 Å². The largest absolute Gasteiger partial charge is 0.352 e. The van der Waals surface area contributed by atoms with Gasteiger partial charge in [0.1, 0.15) is 5.82 Å². The van der Waals surface area contributed by atoms with E-state index in [-0.39, 0.29) is 17.4 Å². The van der Waals surface area contributed by atoms with Crippen molar-refractivity contribution in [2.75, 3.05) is 6.54 Å². The minimum Gasteiger partial charge on any atom is -0.352 e. The minimum atomic E-state index is -0.190. The Balaban J connectivity index is 1.42. The van der Waals surface area contributed by atoms with E-state index in [0.29, 0.717) is 23.9 Å². The number of nitrogens with zero attached hydrogens (tertiary/aromatic N) is 4. The first-order valence-corrected chi connectivity index (χ1v) is 11.7. The van der Waals surface area contributed by atoms with Gasteiger partial charge in [0, 0.05) is 61.2 Å². The van der Waals surface area contributed by atoms with E-state index in [1.807, 2.05) is 24.4 Å². The number of carbonyl (C=O) groups is 1. The van der Waals surface area contributed by atoms with Gasteiger partial charge in [0.15, 0.2) is 0 Å². The molecule has 172 valence electrons. The van der Waals surface area contributed by atoms with Gasteiger partial charge in [-0.1, -0.05) is 19.9 Å². The summed E-state index contributed by atoms with van der Waals surface area (Å²) in [5.41, 5.74) is 3.25. The molecule has 0 spiro atoms. The molecular weight excluding hydrogens is 414 g/mol. The zero-order valence-corrected chi connectivity index (χ0v) is 19.5. The Morgan fingerprint density at radius 2 is 1.94 bits per heavy atom. The molecular formula is C26H31N5O2. The molecule has 1 fully saturated rings. The van der Waals surface area contributed by atoms with Gasteiger partial charge < -0.3 is 9.88 Å². The summed E-state index contributed by atoms with van der Waals surface area (Å²) < 4.78 is 1.45. The second-order valence-electron chi connectivity index (χ2n) is 9.19. The van der Waals surface area contributed by atoms with Crippen molar-refractivity contribution in [2.45, 2.75) is 51.4 Å². The first kappa shape index (κ1) is 22.8. The number of nitrogens with one attached hydrogen (secondary N) is 1. The monoisotopic (exact) mass is 445 g/mol. The Hall–Kier alpha value is -3.35. The van der Waals surface area contributed by atoms with Gasteiger partial charge in [-0.3, -0.25) is 14.6 Å². The molecule has 1 aliphatic rings. The molecule has 0 saturated heterocycles. The molecule has 0 atom stereocenters. The average Bonchev–Trinajstić information content (AvgIpc) is 2.84. The molecule has 0 radical (unpaired) electrons. The van der Waals surface area contributed by atoms with E-state index in [9.17, 15) is 9.59 Å². The normalized spacial score (nSPS) is 18.3. The maximum atomic E-state index is 12.5. The van der Waals surface area contributed by atoms with Crippen molar-refractivity contribution in [1.29, 1.82) is 0 Å². The summed E-state index contributed by atoms with van der Waals surface area (Å²) in [5.74, 6) is 1.72. The van der Waals surface area contributed by atoms with Crippen LogP contribution in [0.2, 0.25) is 0 Å². The fourth-order valence-corrected chi connectivity index (χ4v) is 4.39. The molecule has 4 rings (SSSR count). The molecule has 1 N–H and O–H groups in total. The molecule has 7 nitrogen and oxygen atoms in total. The molecule has 33 heavy (non-hydrogen) atoms. The second-order valence-corrected chi connectivity index (χ2v) is 9.19. The minimum absolute atomic E-state index is 0.183. The van der Waals surface area contributed by atoms with Crippen LogP contribution in [-0.4, -0.2) is 32.0 Å². The van der Waals surface area contributed by atoms with Crippen molar-refractivity contribution in [3.8, 4) is 11.3 Å². The van der Waals surface area contributed by atoms with E-state index in [1.165, 1.54) is 10.6 Å². The average molecular weight is 446 g/mol. The van der Waals surface area contributed by atoms with Crippen molar-refractivity contribution in [2.24, 2.45) is 13.0 Å². The van der Waals surface area contributed by atoms with Gasteiger partial charge in [0.2, 0.25) is 0 Å². The van der Waals surface area contributed by atoms with Crippen LogP contribution >= 0.6 is 0 Å². The van der Waals surface area contributed by atoms with Crippen molar-refractivity contribution in [3.63, 3.8) is 0 Å². The highest BCUT2D eigenvalue weighted by molar-refractivity contribution is 5.93. The third-order valence-corrected chi connectivity index (χ3v) is 6.45. The van der Waals surface area contributed by atoms with Crippen LogP contribution in [0.1, 0.15) is 73.2 Å². The van der Waals surface area contributed by atoms with Gasteiger partial charge in [-0.2, -0.15) is 0 Å². The number of carbonyl (C=O) groups excluding carboxylic acids is 1. The van der Waals surface area contributed by atoms with Crippen molar-refractivity contribution in [1.82, 2.24) is 24.8 Å². The fraction of sp³-hybridized carbons (Fsp3) is 0.423. The molecule has 3 aromatic heterocycles. The molecule has 1 aliphatic carbocycles. The molecule has 0 unspecified atom stereocenters. The number of pyridine rings is 2. The first-order valence-electron chi connectivity index (χ1n) is 11.7. The maximum Gasteiger partial charge on any atom is 0.251 e. The maximum absolute atomic E-state index is 12.5. The van der Waals surface area contributed by atoms with Gasteiger partial charge in [0.25, 0.3) is 11.5 Å². The summed E-state index contributed by atoms with van der Waals surface area (Å²) in [5, 5.41) is 3.01. The predicted molar refractivity (Wildman–Crippen MR) is 128 cm³/mol. The third-order valence-electron chi connectivity index (χ3n) is 6.45. The number of aryl methyl sites for hydroxylation is 1. The van der Waals surface area contributed by atoms with Crippen LogP contribution in [0.3, 0.4) is 0 Å². The summed E-state index contributed by atoms with van der Waals surface area (Å²) in [4.78, 5) is 38.3. The first-order chi connectivity index (χ1) is 15.9. The van der Waals surface area contributed by atoms with Gasteiger partial charge in [0.05, 0.1) is 11.4 Å². The van der Waals surface area contributed by atoms with E-state index in [4.69, 9.17) is 4.98 Å². The lowest BCUT2D eigenvalue weighted by molar-refractivity contribution is 0.0942. The van der Waals surface area contributed by atoms with E-state index >= 15 is 0 Å². The standard InChI is InChI=1S/C26H31N5O2/c1-17(2)25-28-16-21(22-6-4-5-12-27-22)24(30-25)19-9-7-18(8-10-19)15-29-26(33)20-11-13-31(3)23(32)14-20/h4-6,11-14,16-19H,7-10,15H2,1-3H3,(H,29,33). The molecule has 1 amide bonds. The lowest BCUT2D eigenvalue weighted by atomic mass is 9.79. The Labute approximate surface area is 194 Å². The molecule has 3 aromatic rings. The van der Waals surface area contributed by atoms with Gasteiger partial charge in [-0.15, -0.1) is 0 Å². The topological polar surface area (TPSA) is 89.8 Å². The molecule has 0 aromatic carbocycles. The lowest BCUT2D eigenvalue weighted by Crippen LogP contribution is -2.32. The van der Waals surface area contributed by atoms with Crippen LogP contribution in [0.15, 0.2) is 53.7 Å². The summed E-state index contributed by atoms with van der Waals surface area (Å²) in [7, 11) is 1.67. The van der Waals surface area contributed by atoms with Crippen LogP contribution < -0.4 is 10.9 Å². The zero-order valence-electron chi connectivity index (χ0n) is 19.5. The second kappa shape index (κ2) is 10.1. The smallest absolute Gasteiger partial charge is 0.251 e. The lowest BCUT2D eigenvalue weighted by Gasteiger charge is -2.29. The van der Waals surface area contributed by atoms with Gasteiger partial charge in [-0.25, -0.2) is 9.97 Å². The Morgan fingerprint density at radius 1 is 1.15 bits per heavy atom. The molecule has 3 heterocycles. The summed E-state index contributed by atoms with van der Waals surface area (Å²) in [6.07, 6.45) is 9.42. The number of amides is 1. The van der Waals surface area contributed by atoms with Crippen molar-refractivity contribution >= 4 is 5.91 Å². The molecule has 0 aliphatic heterocycles. The van der Waals surface area contributed by atoms with E-state index < -0.39 is 0 Å². The Kier molecular flexibility index (Phi) is 6.96. The number of hydrogen-bond acceptors (Lipinski definition) is 5. The number of hydrogen-bond donors (Lipinski definition) is 1. The van der Waals surface area contributed by atoms with Crippen LogP contribution in [0.25, 0.3) is 11.3 Å². The fourth-order valence-electron chi connectivity index (χ4n) is 4.39. The molecule has 7 heteroatoms. The summed E-state index contributed by atoms with van der Waals surface area (Å²) >= 11 is 0. The Morgan fingerprint density at radius 3 is 2.61 bits per heavy atom. The van der Waals surface area contributed by atoms with Crippen LogP contribution in [0.4, 0.5) is 0 Å².